The minimum Gasteiger partial charge on any atom is -0.385 e. The molecular formula is C23H35N3O5S. The molecule has 0 saturated carbocycles. The molecule has 0 radical (unpaired) electrons. The van der Waals surface area contributed by atoms with Crippen LogP contribution in [0.4, 0.5) is 0 Å². The van der Waals surface area contributed by atoms with Gasteiger partial charge in [0.05, 0.1) is 11.4 Å². The number of hydrogen-bond acceptors (Lipinski definition) is 5. The highest BCUT2D eigenvalue weighted by molar-refractivity contribution is 7.89. The fraction of sp³-hybridized carbons (Fsp3) is 0.652. The van der Waals surface area contributed by atoms with E-state index in [0.717, 1.165) is 37.7 Å². The van der Waals surface area contributed by atoms with Gasteiger partial charge >= 0.3 is 0 Å². The molecular weight excluding hydrogens is 430 g/mol. The van der Waals surface area contributed by atoms with Crippen molar-refractivity contribution in [2.75, 3.05) is 46.9 Å². The Bertz CT molecular complexity index is 910. The van der Waals surface area contributed by atoms with Crippen LogP contribution in [0.1, 0.15) is 43.2 Å². The number of hydrogen-bond donors (Lipinski definition) is 1. The van der Waals surface area contributed by atoms with Crippen molar-refractivity contribution in [3.63, 3.8) is 0 Å². The predicted molar refractivity (Wildman–Crippen MR) is 122 cm³/mol. The van der Waals surface area contributed by atoms with Crippen LogP contribution in [-0.4, -0.2) is 76.4 Å². The first kappa shape index (κ1) is 24.7. The molecule has 178 valence electrons. The van der Waals surface area contributed by atoms with E-state index < -0.39 is 10.0 Å². The lowest BCUT2D eigenvalue weighted by Gasteiger charge is -2.32. The summed E-state index contributed by atoms with van der Waals surface area (Å²) in [6, 6.07) is 5.50. The molecule has 0 bridgehead atoms. The van der Waals surface area contributed by atoms with Crippen molar-refractivity contribution in [2.24, 2.45) is 5.92 Å². The van der Waals surface area contributed by atoms with E-state index in [9.17, 15) is 18.0 Å². The molecule has 3 rings (SSSR count). The number of likely N-dealkylation sites (N-methyl/N-ethyl adjacent to an activating group) is 1. The average molecular weight is 466 g/mol. The molecule has 1 heterocycles. The normalized spacial score (nSPS) is 17.6. The Morgan fingerprint density at radius 2 is 1.84 bits per heavy atom. The molecule has 1 aliphatic carbocycles. The molecule has 0 atom stereocenters. The minimum atomic E-state index is -3.56. The first-order valence-electron chi connectivity index (χ1n) is 11.5. The van der Waals surface area contributed by atoms with E-state index in [1.165, 1.54) is 14.8 Å². The Morgan fingerprint density at radius 3 is 2.53 bits per heavy atom. The van der Waals surface area contributed by atoms with Crippen molar-refractivity contribution in [2.45, 2.75) is 49.8 Å². The number of carbonyl (C=O) groups excluding carboxylic acids is 2. The van der Waals surface area contributed by atoms with Gasteiger partial charge in [0.25, 0.3) is 0 Å². The smallest absolute Gasteiger partial charge is 0.243 e. The summed E-state index contributed by atoms with van der Waals surface area (Å²) in [6.07, 6.45) is 5.85. The van der Waals surface area contributed by atoms with E-state index in [4.69, 9.17) is 4.74 Å². The number of ether oxygens (including phenoxy) is 1. The fourth-order valence-electron chi connectivity index (χ4n) is 4.47. The topological polar surface area (TPSA) is 96.0 Å². The second-order valence-corrected chi connectivity index (χ2v) is 10.6. The zero-order valence-electron chi connectivity index (χ0n) is 19.1. The molecule has 2 amide bonds. The van der Waals surface area contributed by atoms with Crippen molar-refractivity contribution in [3.8, 4) is 0 Å². The number of fused-ring (bicyclic) bond motifs is 1. The van der Waals surface area contributed by atoms with Crippen LogP contribution < -0.4 is 5.32 Å². The summed E-state index contributed by atoms with van der Waals surface area (Å²) < 4.78 is 32.7. The number of carbonyl (C=O) groups is 2. The van der Waals surface area contributed by atoms with Crippen LogP contribution in [-0.2, 0) is 37.2 Å². The van der Waals surface area contributed by atoms with Gasteiger partial charge in [0, 0.05) is 46.3 Å². The molecule has 1 aromatic carbocycles. The van der Waals surface area contributed by atoms with E-state index in [2.05, 4.69) is 5.32 Å². The Hall–Kier alpha value is -1.97. The van der Waals surface area contributed by atoms with Gasteiger partial charge in [0.15, 0.2) is 0 Å². The number of amides is 2. The summed E-state index contributed by atoms with van der Waals surface area (Å²) in [6.45, 7) is 1.70. The summed E-state index contributed by atoms with van der Waals surface area (Å²) >= 11 is 0. The zero-order chi connectivity index (χ0) is 23.1. The molecule has 1 aromatic rings. The Morgan fingerprint density at radius 1 is 1.16 bits per heavy atom. The van der Waals surface area contributed by atoms with E-state index in [1.807, 2.05) is 12.1 Å². The summed E-state index contributed by atoms with van der Waals surface area (Å²) in [7, 11) is -0.338. The van der Waals surface area contributed by atoms with Gasteiger partial charge in [-0.2, -0.15) is 4.31 Å². The summed E-state index contributed by atoms with van der Waals surface area (Å²) in [4.78, 5) is 26.6. The number of methoxy groups -OCH3 is 1. The molecule has 1 aliphatic heterocycles. The molecule has 32 heavy (non-hydrogen) atoms. The molecule has 1 N–H and O–H groups in total. The number of nitrogens with one attached hydrogen (secondary N) is 1. The highest BCUT2D eigenvalue weighted by atomic mass is 32.2. The van der Waals surface area contributed by atoms with E-state index in [1.54, 1.807) is 20.2 Å². The van der Waals surface area contributed by atoms with Crippen LogP contribution in [0.15, 0.2) is 23.1 Å². The van der Waals surface area contributed by atoms with Crippen LogP contribution in [0.5, 0.6) is 0 Å². The van der Waals surface area contributed by atoms with Crippen molar-refractivity contribution in [3.05, 3.63) is 29.3 Å². The van der Waals surface area contributed by atoms with E-state index in [0.29, 0.717) is 44.0 Å². The monoisotopic (exact) mass is 465 g/mol. The third kappa shape index (κ3) is 6.08. The number of aryl methyl sites for hydroxylation is 2. The number of piperidine rings is 1. The largest absolute Gasteiger partial charge is 0.385 e. The van der Waals surface area contributed by atoms with Gasteiger partial charge in [-0.25, -0.2) is 8.42 Å². The van der Waals surface area contributed by atoms with E-state index in [-0.39, 0.29) is 24.3 Å². The van der Waals surface area contributed by atoms with Crippen LogP contribution in [0, 0.1) is 5.92 Å². The molecule has 8 nitrogen and oxygen atoms in total. The van der Waals surface area contributed by atoms with Gasteiger partial charge in [-0.1, -0.05) is 6.07 Å². The molecule has 2 aliphatic rings. The standard InChI is InChI=1S/C23H35N3O5S/c1-25(17-22(27)24-12-5-15-31-2)23(28)19-10-13-26(14-11-19)32(29,30)21-9-8-18-6-3-4-7-20(18)16-21/h8-9,16,19H,3-7,10-15,17H2,1-2H3,(H,24,27). The van der Waals surface area contributed by atoms with Gasteiger partial charge in [-0.15, -0.1) is 0 Å². The molecule has 0 spiro atoms. The van der Waals surface area contributed by atoms with Gasteiger partial charge in [0.2, 0.25) is 21.8 Å². The second-order valence-electron chi connectivity index (χ2n) is 8.71. The Labute approximate surface area is 191 Å². The van der Waals surface area contributed by atoms with Gasteiger partial charge < -0.3 is 15.0 Å². The fourth-order valence-corrected chi connectivity index (χ4v) is 5.99. The highest BCUT2D eigenvalue weighted by Crippen LogP contribution is 2.28. The quantitative estimate of drug-likeness (QED) is 0.559. The number of benzene rings is 1. The second kappa shape index (κ2) is 11.2. The van der Waals surface area contributed by atoms with Gasteiger partial charge in [0.1, 0.15) is 0 Å². The van der Waals surface area contributed by atoms with Gasteiger partial charge in [-0.05, 0) is 68.2 Å². The van der Waals surface area contributed by atoms with Crippen LogP contribution in [0.2, 0.25) is 0 Å². The maximum Gasteiger partial charge on any atom is 0.243 e. The average Bonchev–Trinajstić information content (AvgIpc) is 2.81. The van der Waals surface area contributed by atoms with Crippen LogP contribution >= 0.6 is 0 Å². The summed E-state index contributed by atoms with van der Waals surface area (Å²) in [5.41, 5.74) is 2.40. The minimum absolute atomic E-state index is 0.000542. The van der Waals surface area contributed by atoms with Crippen LogP contribution in [0.3, 0.4) is 0 Å². The maximum atomic E-state index is 13.1. The highest BCUT2D eigenvalue weighted by Gasteiger charge is 2.33. The van der Waals surface area contributed by atoms with Crippen molar-refractivity contribution in [1.82, 2.24) is 14.5 Å². The molecule has 0 unspecified atom stereocenters. The number of rotatable bonds is 9. The third-order valence-corrected chi connectivity index (χ3v) is 8.26. The lowest BCUT2D eigenvalue weighted by Crippen LogP contribution is -2.45. The molecule has 1 fully saturated rings. The predicted octanol–water partition coefficient (Wildman–Crippen LogP) is 1.58. The van der Waals surface area contributed by atoms with Crippen molar-refractivity contribution in [1.29, 1.82) is 0 Å². The van der Waals surface area contributed by atoms with E-state index >= 15 is 0 Å². The lowest BCUT2D eigenvalue weighted by molar-refractivity contribution is -0.139. The SMILES string of the molecule is COCCCNC(=O)CN(C)C(=O)C1CCN(S(=O)(=O)c2ccc3c(c2)CCCC3)CC1. The van der Waals surface area contributed by atoms with Crippen LogP contribution in [0.25, 0.3) is 0 Å². The first-order chi connectivity index (χ1) is 15.3. The lowest BCUT2D eigenvalue weighted by atomic mass is 9.92. The zero-order valence-corrected chi connectivity index (χ0v) is 20.0. The summed E-state index contributed by atoms with van der Waals surface area (Å²) in [5, 5.41) is 2.77. The summed E-state index contributed by atoms with van der Waals surface area (Å²) in [5.74, 6) is -0.580. The molecule has 1 saturated heterocycles. The van der Waals surface area contributed by atoms with Crippen molar-refractivity contribution >= 4 is 21.8 Å². The Kier molecular flexibility index (Phi) is 8.67. The number of sulfonamides is 1. The first-order valence-corrected chi connectivity index (χ1v) is 12.9. The number of nitrogens with zero attached hydrogens (tertiary/aromatic N) is 2. The molecule has 0 aromatic heterocycles. The van der Waals surface area contributed by atoms with Gasteiger partial charge in [-0.3, -0.25) is 9.59 Å². The van der Waals surface area contributed by atoms with Crippen molar-refractivity contribution < 1.29 is 22.7 Å². The maximum absolute atomic E-state index is 13.1. The third-order valence-electron chi connectivity index (χ3n) is 6.37. The Balaban J connectivity index is 1.51. The molecule has 9 heteroatoms.